The number of fused-ring (bicyclic) bond motifs is 2. The van der Waals surface area contributed by atoms with Gasteiger partial charge in [-0.25, -0.2) is 10.1 Å². The number of para-hydroxylation sites is 1. The number of nitrogens with zero attached hydrogens (tertiary/aromatic N) is 2. The maximum atomic E-state index is 13.1. The van der Waals surface area contributed by atoms with Crippen molar-refractivity contribution in [1.82, 2.24) is 0 Å². The number of hydrogen-bond donors (Lipinski definition) is 2. The average Bonchev–Trinajstić information content (AvgIpc) is 2.70. The van der Waals surface area contributed by atoms with Gasteiger partial charge >= 0.3 is 0 Å². The highest BCUT2D eigenvalue weighted by atomic mass is 16.7. The van der Waals surface area contributed by atoms with Gasteiger partial charge in [0.2, 0.25) is 0 Å². The normalized spacial score (nSPS) is 12.3. The summed E-state index contributed by atoms with van der Waals surface area (Å²) in [5, 5.41) is 32.0. The van der Waals surface area contributed by atoms with Gasteiger partial charge in [0.1, 0.15) is 5.69 Å². The zero-order valence-electron chi connectivity index (χ0n) is 14.2. The number of carbonyl (C=O) groups excluding carboxylic acids is 2. The van der Waals surface area contributed by atoms with Crippen molar-refractivity contribution in [3.63, 3.8) is 0 Å². The number of rotatable bonds is 3. The van der Waals surface area contributed by atoms with Crippen molar-refractivity contribution < 1.29 is 24.8 Å². The molecular weight excluding hydrogens is 364 g/mol. The number of phenols is 2. The van der Waals surface area contributed by atoms with Gasteiger partial charge in [-0.05, 0) is 18.2 Å². The minimum atomic E-state index is -0.861. The van der Waals surface area contributed by atoms with E-state index in [0.717, 1.165) is 6.07 Å². The summed E-state index contributed by atoms with van der Waals surface area (Å²) in [7, 11) is 0. The number of anilines is 2. The summed E-state index contributed by atoms with van der Waals surface area (Å²) in [6.45, 7) is 0. The van der Waals surface area contributed by atoms with E-state index in [9.17, 15) is 29.9 Å². The summed E-state index contributed by atoms with van der Waals surface area (Å²) in [4.78, 5) is 37.8. The lowest BCUT2D eigenvalue weighted by Crippen LogP contribution is -2.29. The van der Waals surface area contributed by atoms with Crippen LogP contribution in [0, 0.1) is 10.1 Å². The molecule has 0 aromatic heterocycles. The molecule has 2 N–H and O–H groups in total. The minimum Gasteiger partial charge on any atom is -0.504 e. The molecule has 3 aromatic rings. The molecule has 0 aliphatic heterocycles. The van der Waals surface area contributed by atoms with Crippen molar-refractivity contribution in [3.8, 4) is 11.5 Å². The van der Waals surface area contributed by atoms with Crippen LogP contribution in [0.2, 0.25) is 0 Å². The molecule has 0 bridgehead atoms. The number of hydrogen-bond acceptors (Lipinski definition) is 6. The number of nitro groups is 1. The van der Waals surface area contributed by atoms with Crippen LogP contribution in [0.5, 0.6) is 11.5 Å². The first-order chi connectivity index (χ1) is 13.4. The summed E-state index contributed by atoms with van der Waals surface area (Å²) in [5.41, 5.74) is -0.865. The maximum absolute atomic E-state index is 13.1. The van der Waals surface area contributed by atoms with E-state index in [1.54, 1.807) is 30.3 Å². The molecule has 0 atom stereocenters. The van der Waals surface area contributed by atoms with Gasteiger partial charge in [0.15, 0.2) is 33.8 Å². The van der Waals surface area contributed by atoms with Gasteiger partial charge < -0.3 is 10.2 Å². The van der Waals surface area contributed by atoms with Crippen molar-refractivity contribution in [2.75, 3.05) is 5.01 Å². The highest BCUT2D eigenvalue weighted by molar-refractivity contribution is 6.30. The maximum Gasteiger partial charge on any atom is 0.197 e. The number of hydrazine groups is 1. The number of benzene rings is 3. The Bertz CT molecular complexity index is 1160. The molecule has 0 saturated heterocycles. The van der Waals surface area contributed by atoms with Crippen LogP contribution in [0.1, 0.15) is 31.8 Å². The zero-order chi connectivity index (χ0) is 20.0. The van der Waals surface area contributed by atoms with Crippen LogP contribution < -0.4 is 5.01 Å². The van der Waals surface area contributed by atoms with Gasteiger partial charge in [-0.1, -0.05) is 47.5 Å². The van der Waals surface area contributed by atoms with Crippen molar-refractivity contribution in [2.24, 2.45) is 0 Å². The lowest BCUT2D eigenvalue weighted by Gasteiger charge is -2.24. The molecule has 138 valence electrons. The van der Waals surface area contributed by atoms with Crippen LogP contribution in [0.15, 0.2) is 60.7 Å². The van der Waals surface area contributed by atoms with Crippen LogP contribution in [0.4, 0.5) is 11.4 Å². The van der Waals surface area contributed by atoms with E-state index in [1.165, 1.54) is 24.3 Å². The van der Waals surface area contributed by atoms with Crippen molar-refractivity contribution in [1.29, 1.82) is 0 Å². The topological polar surface area (TPSA) is 121 Å². The van der Waals surface area contributed by atoms with Gasteiger partial charge in [-0.2, -0.15) is 0 Å². The molecule has 1 aliphatic carbocycles. The standard InChI is InChI=1S/C20H12N2O6/c23-15-10-14-16(19(25)13-9-5-4-8-12(13)18(14)24)17(20(15)26)21(22(27)28)11-6-2-1-3-7-11/h1-10,23,26H. The second kappa shape index (κ2) is 6.20. The number of ketones is 2. The van der Waals surface area contributed by atoms with Gasteiger partial charge in [-0.3, -0.25) is 9.59 Å². The van der Waals surface area contributed by atoms with Crippen LogP contribution in [0.25, 0.3) is 0 Å². The molecule has 0 heterocycles. The number of phenolic OH excluding ortho intramolecular Hbond substituents is 2. The Labute approximate surface area is 158 Å². The Morgan fingerprint density at radius 2 is 1.39 bits per heavy atom. The summed E-state index contributed by atoms with van der Waals surface area (Å²) >= 11 is 0. The first kappa shape index (κ1) is 17.2. The summed E-state index contributed by atoms with van der Waals surface area (Å²) in [6.07, 6.45) is 0. The Kier molecular flexibility index (Phi) is 3.82. The molecule has 3 aromatic carbocycles. The molecule has 0 radical (unpaired) electrons. The Morgan fingerprint density at radius 3 is 2.00 bits per heavy atom. The third-order valence-electron chi connectivity index (χ3n) is 4.52. The first-order valence-corrected chi connectivity index (χ1v) is 8.18. The third-order valence-corrected chi connectivity index (χ3v) is 4.52. The van der Waals surface area contributed by atoms with Crippen LogP contribution in [0.3, 0.4) is 0 Å². The smallest absolute Gasteiger partial charge is 0.197 e. The molecule has 4 rings (SSSR count). The lowest BCUT2D eigenvalue weighted by molar-refractivity contribution is -0.483. The second-order valence-electron chi connectivity index (χ2n) is 6.10. The highest BCUT2D eigenvalue weighted by Gasteiger charge is 2.39. The van der Waals surface area contributed by atoms with E-state index in [2.05, 4.69) is 0 Å². The minimum absolute atomic E-state index is 0.0368. The molecule has 0 unspecified atom stereocenters. The monoisotopic (exact) mass is 376 g/mol. The quantitative estimate of drug-likeness (QED) is 0.320. The zero-order valence-corrected chi connectivity index (χ0v) is 14.2. The SMILES string of the molecule is O=C1c2ccccc2C(=O)c2c1cc(O)c(O)c2N(c1ccccc1)[N+](=O)[O-]. The fraction of sp³-hybridized carbons (Fsp3) is 0. The third kappa shape index (κ3) is 2.39. The van der Waals surface area contributed by atoms with E-state index in [1.807, 2.05) is 0 Å². The molecule has 8 heteroatoms. The molecule has 0 amide bonds. The Balaban J connectivity index is 2.07. The van der Waals surface area contributed by atoms with E-state index in [0.29, 0.717) is 5.01 Å². The van der Waals surface area contributed by atoms with Gasteiger partial charge in [0.25, 0.3) is 0 Å². The van der Waals surface area contributed by atoms with Crippen molar-refractivity contribution in [2.45, 2.75) is 0 Å². The molecule has 1 aliphatic rings. The fourth-order valence-electron chi connectivity index (χ4n) is 3.29. The molecule has 0 spiro atoms. The van der Waals surface area contributed by atoms with Crippen molar-refractivity contribution in [3.05, 3.63) is 93.0 Å². The summed E-state index contributed by atoms with van der Waals surface area (Å²) < 4.78 is 0. The van der Waals surface area contributed by atoms with Crippen LogP contribution >= 0.6 is 0 Å². The van der Waals surface area contributed by atoms with Gasteiger partial charge in [0.05, 0.1) is 5.56 Å². The number of carbonyl (C=O) groups is 2. The van der Waals surface area contributed by atoms with E-state index in [4.69, 9.17) is 0 Å². The highest BCUT2D eigenvalue weighted by Crippen LogP contribution is 2.46. The average molecular weight is 376 g/mol. The van der Waals surface area contributed by atoms with Crippen LogP contribution in [-0.4, -0.2) is 26.8 Å². The predicted molar refractivity (Wildman–Crippen MR) is 98.7 cm³/mol. The summed E-state index contributed by atoms with van der Waals surface area (Å²) in [5.74, 6) is -2.83. The predicted octanol–water partition coefficient (Wildman–Crippen LogP) is 3.20. The second-order valence-corrected chi connectivity index (χ2v) is 6.10. The van der Waals surface area contributed by atoms with E-state index >= 15 is 0 Å². The van der Waals surface area contributed by atoms with E-state index in [-0.39, 0.29) is 27.9 Å². The van der Waals surface area contributed by atoms with Gasteiger partial charge in [-0.15, -0.1) is 0 Å². The van der Waals surface area contributed by atoms with Crippen molar-refractivity contribution >= 4 is 22.9 Å². The molecule has 0 fully saturated rings. The molecule has 0 saturated carbocycles. The molecule has 28 heavy (non-hydrogen) atoms. The Morgan fingerprint density at radius 1 is 0.821 bits per heavy atom. The van der Waals surface area contributed by atoms with E-state index < -0.39 is 33.8 Å². The fourth-order valence-corrected chi connectivity index (χ4v) is 3.29. The summed E-state index contributed by atoms with van der Waals surface area (Å²) in [6, 6.07) is 14.5. The number of aromatic hydroxyl groups is 2. The largest absolute Gasteiger partial charge is 0.504 e. The van der Waals surface area contributed by atoms with Gasteiger partial charge in [0, 0.05) is 16.7 Å². The lowest BCUT2D eigenvalue weighted by atomic mass is 9.82. The van der Waals surface area contributed by atoms with Crippen LogP contribution in [-0.2, 0) is 0 Å². The Hall–Kier alpha value is -4.20. The molecule has 8 nitrogen and oxygen atoms in total. The first-order valence-electron chi connectivity index (χ1n) is 8.18. The molecular formula is C20H12N2O6.